The van der Waals surface area contributed by atoms with Gasteiger partial charge in [-0.05, 0) is 89.8 Å². The molecule has 10 heteroatoms. The Kier molecular flexibility index (Phi) is 8.98. The molecular formula is C28H38N4O6. The van der Waals surface area contributed by atoms with Gasteiger partial charge in [-0.25, -0.2) is 10.3 Å². The van der Waals surface area contributed by atoms with Crippen LogP contribution in [-0.2, 0) is 26.3 Å². The smallest absolute Gasteiger partial charge is 0.407 e. The minimum absolute atomic E-state index is 0.0841. The summed E-state index contributed by atoms with van der Waals surface area (Å²) in [5.74, 6) is -0.266. The molecule has 10 nitrogen and oxygen atoms in total. The van der Waals surface area contributed by atoms with Crippen molar-refractivity contribution in [2.24, 2.45) is 0 Å². The first-order valence-electron chi connectivity index (χ1n) is 12.8. The lowest BCUT2D eigenvalue weighted by molar-refractivity contribution is -0.144. The predicted molar refractivity (Wildman–Crippen MR) is 141 cm³/mol. The van der Waals surface area contributed by atoms with Crippen molar-refractivity contribution in [1.82, 2.24) is 20.7 Å². The highest BCUT2D eigenvalue weighted by Gasteiger charge is 2.48. The predicted octanol–water partition coefficient (Wildman–Crippen LogP) is 3.56. The van der Waals surface area contributed by atoms with Crippen molar-refractivity contribution in [3.8, 4) is 5.75 Å². The molecule has 3 rings (SSSR count). The minimum Gasteiger partial charge on any atom is -0.489 e. The van der Waals surface area contributed by atoms with Crippen molar-refractivity contribution in [2.75, 3.05) is 13.2 Å². The second-order valence-electron chi connectivity index (χ2n) is 10.6. The fraction of sp³-hybridized carbons (Fsp3) is 0.500. The van der Waals surface area contributed by atoms with E-state index in [9.17, 15) is 19.6 Å². The standard InChI is InChI=1S/C28H38N4O6/c1-7-37-26(35)30-27(4,5)16-23(24(33)31-36)32-13-12-28(6,25(32)34)21-8-10-22(11-9-21)38-17-20-14-18(2)29-19(3)15-20/h8-11,14-15,23,36H,7,12-13,16-17H2,1-6H3,(H,30,35)(H,31,33). The average molecular weight is 527 g/mol. The summed E-state index contributed by atoms with van der Waals surface area (Å²) in [5, 5.41) is 12.1. The molecule has 206 valence electrons. The Labute approximate surface area is 223 Å². The number of hydrogen-bond donors (Lipinski definition) is 3. The zero-order valence-corrected chi connectivity index (χ0v) is 23.0. The molecule has 0 spiro atoms. The van der Waals surface area contributed by atoms with Crippen LogP contribution in [0.3, 0.4) is 0 Å². The normalized spacial score (nSPS) is 18.2. The van der Waals surface area contributed by atoms with Gasteiger partial charge in [0.05, 0.1) is 12.0 Å². The van der Waals surface area contributed by atoms with Crippen LogP contribution in [0.5, 0.6) is 5.75 Å². The number of carbonyl (C=O) groups excluding carboxylic acids is 3. The zero-order chi connectivity index (χ0) is 28.1. The number of ether oxygens (including phenoxy) is 2. The Bertz CT molecular complexity index is 1150. The molecular weight excluding hydrogens is 488 g/mol. The Balaban J connectivity index is 1.73. The van der Waals surface area contributed by atoms with E-state index in [2.05, 4.69) is 10.3 Å². The Morgan fingerprint density at radius 3 is 2.39 bits per heavy atom. The number of nitrogens with one attached hydrogen (secondary N) is 2. The van der Waals surface area contributed by atoms with Gasteiger partial charge >= 0.3 is 6.09 Å². The highest BCUT2D eigenvalue weighted by Crippen LogP contribution is 2.38. The van der Waals surface area contributed by atoms with Gasteiger partial charge in [0.1, 0.15) is 18.4 Å². The molecule has 1 aliphatic rings. The van der Waals surface area contributed by atoms with E-state index in [1.54, 1.807) is 26.3 Å². The number of hydrogen-bond acceptors (Lipinski definition) is 7. The first-order valence-corrected chi connectivity index (χ1v) is 12.8. The van der Waals surface area contributed by atoms with Crippen molar-refractivity contribution < 1.29 is 29.1 Å². The van der Waals surface area contributed by atoms with E-state index in [-0.39, 0.29) is 18.9 Å². The third-order valence-corrected chi connectivity index (χ3v) is 6.83. The van der Waals surface area contributed by atoms with E-state index in [0.717, 1.165) is 22.5 Å². The Hall–Kier alpha value is -3.66. The van der Waals surface area contributed by atoms with Gasteiger partial charge in [0.25, 0.3) is 5.91 Å². The Morgan fingerprint density at radius 1 is 1.18 bits per heavy atom. The molecule has 0 bridgehead atoms. The van der Waals surface area contributed by atoms with Gasteiger partial charge in [-0.3, -0.25) is 19.8 Å². The lowest BCUT2D eigenvalue weighted by Crippen LogP contribution is -2.55. The monoisotopic (exact) mass is 526 g/mol. The number of benzene rings is 1. The SMILES string of the molecule is CCOC(=O)NC(C)(C)CC(C(=O)NO)N1CCC(C)(c2ccc(OCc3cc(C)nc(C)c3)cc2)C1=O. The number of aromatic nitrogens is 1. The molecule has 2 aromatic rings. The van der Waals surface area contributed by atoms with Crippen molar-refractivity contribution in [1.29, 1.82) is 0 Å². The third kappa shape index (κ3) is 6.80. The number of aryl methyl sites for hydroxylation is 2. The molecule has 1 aromatic heterocycles. The largest absolute Gasteiger partial charge is 0.489 e. The van der Waals surface area contributed by atoms with Crippen LogP contribution in [0.4, 0.5) is 4.79 Å². The second kappa shape index (κ2) is 11.8. The third-order valence-electron chi connectivity index (χ3n) is 6.83. The summed E-state index contributed by atoms with van der Waals surface area (Å²) in [5.41, 5.74) is 3.64. The number of amides is 3. The summed E-state index contributed by atoms with van der Waals surface area (Å²) in [7, 11) is 0. The summed E-state index contributed by atoms with van der Waals surface area (Å²) in [4.78, 5) is 44.1. The van der Waals surface area contributed by atoms with E-state index in [4.69, 9.17) is 9.47 Å². The van der Waals surface area contributed by atoms with Gasteiger partial charge in [-0.2, -0.15) is 0 Å². The number of nitrogens with zero attached hydrogens (tertiary/aromatic N) is 2. The molecule has 0 aliphatic carbocycles. The molecule has 3 N–H and O–H groups in total. The summed E-state index contributed by atoms with van der Waals surface area (Å²) in [6.07, 6.45) is -0.0432. The molecule has 0 saturated carbocycles. The summed E-state index contributed by atoms with van der Waals surface area (Å²) in [6.45, 7) is 11.8. The molecule has 38 heavy (non-hydrogen) atoms. The van der Waals surface area contributed by atoms with Crippen molar-refractivity contribution in [3.05, 3.63) is 58.9 Å². The fourth-order valence-corrected chi connectivity index (χ4v) is 4.92. The zero-order valence-electron chi connectivity index (χ0n) is 23.0. The maximum atomic E-state index is 13.7. The quantitative estimate of drug-likeness (QED) is 0.319. The van der Waals surface area contributed by atoms with Crippen molar-refractivity contribution in [2.45, 2.75) is 78.0 Å². The molecule has 2 unspecified atom stereocenters. The second-order valence-corrected chi connectivity index (χ2v) is 10.6. The maximum Gasteiger partial charge on any atom is 0.407 e. The van der Waals surface area contributed by atoms with Gasteiger partial charge in [0.15, 0.2) is 0 Å². The van der Waals surface area contributed by atoms with E-state index >= 15 is 0 Å². The van der Waals surface area contributed by atoms with Crippen LogP contribution in [0.1, 0.15) is 63.1 Å². The average Bonchev–Trinajstić information content (AvgIpc) is 3.15. The van der Waals surface area contributed by atoms with Gasteiger partial charge in [-0.1, -0.05) is 12.1 Å². The number of likely N-dealkylation sites (tertiary alicyclic amines) is 1. The van der Waals surface area contributed by atoms with E-state index in [0.29, 0.717) is 25.3 Å². The van der Waals surface area contributed by atoms with Gasteiger partial charge in [0.2, 0.25) is 5.91 Å². The number of alkyl carbamates (subject to hydrolysis) is 1. The van der Waals surface area contributed by atoms with Gasteiger partial charge in [0, 0.05) is 23.5 Å². The highest BCUT2D eigenvalue weighted by molar-refractivity contribution is 5.94. The van der Waals surface area contributed by atoms with Crippen LogP contribution in [0, 0.1) is 13.8 Å². The number of hydroxylamine groups is 1. The molecule has 1 aliphatic heterocycles. The summed E-state index contributed by atoms with van der Waals surface area (Å²) in [6, 6.07) is 10.4. The summed E-state index contributed by atoms with van der Waals surface area (Å²) >= 11 is 0. The number of pyridine rings is 1. The molecule has 3 amide bonds. The lowest BCUT2D eigenvalue weighted by atomic mass is 9.81. The van der Waals surface area contributed by atoms with Gasteiger partial charge in [-0.15, -0.1) is 0 Å². The van der Waals surface area contributed by atoms with Gasteiger partial charge < -0.3 is 19.7 Å². The first-order chi connectivity index (χ1) is 17.9. The van der Waals surface area contributed by atoms with Crippen molar-refractivity contribution in [3.63, 3.8) is 0 Å². The molecule has 2 atom stereocenters. The molecule has 1 aromatic carbocycles. The maximum absolute atomic E-state index is 13.7. The summed E-state index contributed by atoms with van der Waals surface area (Å²) < 4.78 is 10.9. The molecule has 2 heterocycles. The van der Waals surface area contributed by atoms with Crippen LogP contribution in [0.15, 0.2) is 36.4 Å². The van der Waals surface area contributed by atoms with Crippen LogP contribution in [0.25, 0.3) is 0 Å². The lowest BCUT2D eigenvalue weighted by Gasteiger charge is -2.35. The highest BCUT2D eigenvalue weighted by atomic mass is 16.5. The number of rotatable bonds is 10. The minimum atomic E-state index is -0.985. The van der Waals surface area contributed by atoms with Crippen LogP contribution >= 0.6 is 0 Å². The first kappa shape index (κ1) is 28.9. The Morgan fingerprint density at radius 2 is 1.82 bits per heavy atom. The van der Waals surface area contributed by atoms with Crippen LogP contribution in [0.2, 0.25) is 0 Å². The van der Waals surface area contributed by atoms with E-state index < -0.39 is 29.0 Å². The fourth-order valence-electron chi connectivity index (χ4n) is 4.92. The molecule has 0 radical (unpaired) electrons. The number of carbonyl (C=O) groups is 3. The molecule has 1 saturated heterocycles. The molecule has 1 fully saturated rings. The van der Waals surface area contributed by atoms with E-state index in [1.807, 2.05) is 57.2 Å². The topological polar surface area (TPSA) is 130 Å². The van der Waals surface area contributed by atoms with E-state index in [1.165, 1.54) is 4.90 Å². The van der Waals surface area contributed by atoms with Crippen molar-refractivity contribution >= 4 is 17.9 Å². The van der Waals surface area contributed by atoms with Crippen LogP contribution in [-0.4, -0.2) is 57.7 Å². The van der Waals surface area contributed by atoms with Crippen LogP contribution < -0.4 is 15.5 Å².